The standard InChI is InChI=1S/C17H25N3O2S.HI/c1-13-11-20(12-15(13)16(21)22-3)17(18-2)19-9-10-23-14-7-5-4-6-8-14;/h4-8,13,15H,9-12H2,1-3H3,(H,18,19);1H. The number of hydrogen-bond acceptors (Lipinski definition) is 4. The maximum absolute atomic E-state index is 11.8. The Labute approximate surface area is 165 Å². The summed E-state index contributed by atoms with van der Waals surface area (Å²) in [5.74, 6) is 1.90. The van der Waals surface area contributed by atoms with Crippen LogP contribution in [-0.2, 0) is 9.53 Å². The van der Waals surface area contributed by atoms with Gasteiger partial charge in [0.15, 0.2) is 5.96 Å². The Morgan fingerprint density at radius 2 is 2.08 bits per heavy atom. The van der Waals surface area contributed by atoms with Crippen LogP contribution in [0, 0.1) is 11.8 Å². The Morgan fingerprint density at radius 3 is 2.71 bits per heavy atom. The van der Waals surface area contributed by atoms with Crippen LogP contribution in [0.5, 0.6) is 0 Å². The number of esters is 1. The molecule has 1 aliphatic heterocycles. The number of guanidine groups is 1. The van der Waals surface area contributed by atoms with E-state index in [1.165, 1.54) is 12.0 Å². The predicted molar refractivity (Wildman–Crippen MR) is 110 cm³/mol. The third-order valence-corrected chi connectivity index (χ3v) is 5.04. The number of halogens is 1. The van der Waals surface area contributed by atoms with E-state index in [1.54, 1.807) is 7.05 Å². The molecule has 134 valence electrons. The van der Waals surface area contributed by atoms with Crippen LogP contribution in [0.1, 0.15) is 6.92 Å². The van der Waals surface area contributed by atoms with Crippen molar-refractivity contribution in [1.82, 2.24) is 10.2 Å². The number of nitrogens with zero attached hydrogens (tertiary/aromatic N) is 2. The Bertz CT molecular complexity index is 542. The molecule has 0 amide bonds. The highest BCUT2D eigenvalue weighted by Crippen LogP contribution is 2.24. The van der Waals surface area contributed by atoms with Crippen LogP contribution in [-0.4, -0.2) is 56.4 Å². The van der Waals surface area contributed by atoms with Gasteiger partial charge in [0.2, 0.25) is 0 Å². The van der Waals surface area contributed by atoms with E-state index >= 15 is 0 Å². The van der Waals surface area contributed by atoms with Gasteiger partial charge in [-0.25, -0.2) is 0 Å². The van der Waals surface area contributed by atoms with Gasteiger partial charge in [0, 0.05) is 37.3 Å². The minimum absolute atomic E-state index is 0. The van der Waals surface area contributed by atoms with Crippen LogP contribution in [0.25, 0.3) is 0 Å². The summed E-state index contributed by atoms with van der Waals surface area (Å²) >= 11 is 1.81. The zero-order chi connectivity index (χ0) is 16.7. The first kappa shape index (κ1) is 21.1. The molecule has 1 aromatic carbocycles. The van der Waals surface area contributed by atoms with E-state index in [1.807, 2.05) is 30.0 Å². The lowest BCUT2D eigenvalue weighted by molar-refractivity contribution is -0.145. The number of likely N-dealkylation sites (tertiary alicyclic amines) is 1. The predicted octanol–water partition coefficient (Wildman–Crippen LogP) is 2.71. The van der Waals surface area contributed by atoms with Crippen molar-refractivity contribution in [3.8, 4) is 0 Å². The average Bonchev–Trinajstić information content (AvgIpc) is 2.96. The molecule has 0 bridgehead atoms. The number of ether oxygens (including phenoxy) is 1. The molecule has 2 unspecified atom stereocenters. The molecule has 1 heterocycles. The van der Waals surface area contributed by atoms with Crippen LogP contribution in [0.4, 0.5) is 0 Å². The van der Waals surface area contributed by atoms with Crippen LogP contribution in [0.3, 0.4) is 0 Å². The summed E-state index contributed by atoms with van der Waals surface area (Å²) in [4.78, 5) is 19.5. The number of methoxy groups -OCH3 is 1. The van der Waals surface area contributed by atoms with E-state index in [2.05, 4.69) is 34.3 Å². The number of aliphatic imine (C=N–C) groups is 1. The van der Waals surface area contributed by atoms with Gasteiger partial charge < -0.3 is 15.0 Å². The van der Waals surface area contributed by atoms with E-state index < -0.39 is 0 Å². The number of carbonyl (C=O) groups excluding carboxylic acids is 1. The summed E-state index contributed by atoms with van der Waals surface area (Å²) in [6, 6.07) is 10.3. The second-order valence-corrected chi connectivity index (χ2v) is 6.82. The van der Waals surface area contributed by atoms with Crippen LogP contribution >= 0.6 is 35.7 Å². The van der Waals surface area contributed by atoms with Gasteiger partial charge in [-0.15, -0.1) is 35.7 Å². The van der Waals surface area contributed by atoms with Crippen LogP contribution < -0.4 is 5.32 Å². The van der Waals surface area contributed by atoms with Crippen molar-refractivity contribution in [2.75, 3.05) is 39.5 Å². The molecule has 7 heteroatoms. The largest absolute Gasteiger partial charge is 0.469 e. The molecule has 0 aliphatic carbocycles. The van der Waals surface area contributed by atoms with E-state index in [9.17, 15) is 4.79 Å². The van der Waals surface area contributed by atoms with Gasteiger partial charge in [-0.05, 0) is 18.1 Å². The summed E-state index contributed by atoms with van der Waals surface area (Å²) in [5.41, 5.74) is 0. The zero-order valence-electron chi connectivity index (χ0n) is 14.4. The Balaban J connectivity index is 0.00000288. The lowest BCUT2D eigenvalue weighted by Gasteiger charge is -2.21. The highest BCUT2D eigenvalue weighted by molar-refractivity contribution is 14.0. The quantitative estimate of drug-likeness (QED) is 0.182. The molecule has 5 nitrogen and oxygen atoms in total. The normalized spacial score (nSPS) is 20.5. The summed E-state index contributed by atoms with van der Waals surface area (Å²) in [7, 11) is 3.23. The fraction of sp³-hybridized carbons (Fsp3) is 0.529. The van der Waals surface area contributed by atoms with Crippen molar-refractivity contribution in [2.45, 2.75) is 11.8 Å². The zero-order valence-corrected chi connectivity index (χ0v) is 17.5. The highest BCUT2D eigenvalue weighted by atomic mass is 127. The Kier molecular flexibility index (Phi) is 9.50. The number of carbonyl (C=O) groups is 1. The highest BCUT2D eigenvalue weighted by Gasteiger charge is 2.36. The molecular weight excluding hydrogens is 437 g/mol. The van der Waals surface area contributed by atoms with Crippen molar-refractivity contribution in [2.24, 2.45) is 16.8 Å². The Hall–Kier alpha value is -0.960. The molecule has 0 spiro atoms. The SMILES string of the molecule is CN=C(NCCSc1ccccc1)N1CC(C)C(C(=O)OC)C1.I. The van der Waals surface area contributed by atoms with Gasteiger partial charge in [0.1, 0.15) is 0 Å². The second-order valence-electron chi connectivity index (χ2n) is 5.65. The van der Waals surface area contributed by atoms with Gasteiger partial charge in [0.05, 0.1) is 13.0 Å². The van der Waals surface area contributed by atoms with Crippen molar-refractivity contribution < 1.29 is 9.53 Å². The van der Waals surface area contributed by atoms with E-state index in [0.29, 0.717) is 6.54 Å². The first-order chi connectivity index (χ1) is 11.2. The van der Waals surface area contributed by atoms with Gasteiger partial charge >= 0.3 is 5.97 Å². The van der Waals surface area contributed by atoms with Crippen molar-refractivity contribution in [3.63, 3.8) is 0 Å². The first-order valence-corrected chi connectivity index (χ1v) is 8.85. The minimum Gasteiger partial charge on any atom is -0.469 e. The monoisotopic (exact) mass is 463 g/mol. The molecule has 2 atom stereocenters. The Morgan fingerprint density at radius 1 is 1.38 bits per heavy atom. The molecule has 0 saturated carbocycles. The average molecular weight is 463 g/mol. The lowest BCUT2D eigenvalue weighted by Crippen LogP contribution is -2.41. The molecule has 24 heavy (non-hydrogen) atoms. The molecule has 1 fully saturated rings. The minimum atomic E-state index is -0.130. The smallest absolute Gasteiger partial charge is 0.310 e. The number of nitrogens with one attached hydrogen (secondary N) is 1. The first-order valence-electron chi connectivity index (χ1n) is 7.87. The van der Waals surface area contributed by atoms with Gasteiger partial charge in [-0.1, -0.05) is 25.1 Å². The molecule has 1 saturated heterocycles. The lowest BCUT2D eigenvalue weighted by atomic mass is 9.99. The van der Waals surface area contributed by atoms with E-state index in [4.69, 9.17) is 4.74 Å². The van der Waals surface area contributed by atoms with Gasteiger partial charge in [0.25, 0.3) is 0 Å². The van der Waals surface area contributed by atoms with Gasteiger partial charge in [-0.2, -0.15) is 0 Å². The fourth-order valence-electron chi connectivity index (χ4n) is 2.78. The molecule has 1 aliphatic rings. The second kappa shape index (κ2) is 10.8. The summed E-state index contributed by atoms with van der Waals surface area (Å²) in [6.45, 7) is 4.41. The van der Waals surface area contributed by atoms with E-state index in [-0.39, 0.29) is 41.8 Å². The van der Waals surface area contributed by atoms with E-state index in [0.717, 1.165) is 24.8 Å². The maximum Gasteiger partial charge on any atom is 0.310 e. The number of rotatable bonds is 5. The third-order valence-electron chi connectivity index (χ3n) is 4.02. The molecule has 2 rings (SSSR count). The molecule has 1 aromatic rings. The third kappa shape index (κ3) is 5.84. The number of benzene rings is 1. The van der Waals surface area contributed by atoms with Crippen LogP contribution in [0.15, 0.2) is 40.2 Å². The number of thioether (sulfide) groups is 1. The summed E-state index contributed by atoms with van der Waals surface area (Å²) < 4.78 is 4.88. The molecular formula is C17H26IN3O2S. The van der Waals surface area contributed by atoms with Crippen LogP contribution in [0.2, 0.25) is 0 Å². The van der Waals surface area contributed by atoms with Crippen molar-refractivity contribution in [1.29, 1.82) is 0 Å². The topological polar surface area (TPSA) is 53.9 Å². The number of hydrogen-bond donors (Lipinski definition) is 1. The van der Waals surface area contributed by atoms with Gasteiger partial charge in [-0.3, -0.25) is 9.79 Å². The molecule has 1 N–H and O–H groups in total. The molecule has 0 aromatic heterocycles. The molecule has 0 radical (unpaired) electrons. The summed E-state index contributed by atoms with van der Waals surface area (Å²) in [6.07, 6.45) is 0. The van der Waals surface area contributed by atoms with Crippen molar-refractivity contribution in [3.05, 3.63) is 30.3 Å². The summed E-state index contributed by atoms with van der Waals surface area (Å²) in [5, 5.41) is 3.38. The maximum atomic E-state index is 11.8. The fourth-order valence-corrected chi connectivity index (χ4v) is 3.57. The van der Waals surface area contributed by atoms with Crippen molar-refractivity contribution >= 4 is 47.7 Å².